The topological polar surface area (TPSA) is 97.0 Å². The van der Waals surface area contributed by atoms with E-state index in [-0.39, 0.29) is 0 Å². The van der Waals surface area contributed by atoms with Crippen LogP contribution in [0.3, 0.4) is 0 Å². The van der Waals surface area contributed by atoms with Crippen LogP contribution in [0.2, 0.25) is 5.02 Å². The SMILES string of the molecule is COCCOc1ccc(C2NC(=O)N([C@H](C(=O)Nc3ccc(I)cc3Cl)[C@@H](C)c3ccccc3)C2=O)cc1. The third-order valence-electron chi connectivity index (χ3n) is 6.28. The average molecular weight is 648 g/mol. The van der Waals surface area contributed by atoms with Crippen LogP contribution >= 0.6 is 34.2 Å². The number of amides is 4. The second kappa shape index (κ2) is 12.6. The zero-order chi connectivity index (χ0) is 27.2. The Hall–Kier alpha value is -3.15. The number of imide groups is 1. The highest BCUT2D eigenvalue weighted by molar-refractivity contribution is 14.1. The van der Waals surface area contributed by atoms with Crippen molar-refractivity contribution in [1.29, 1.82) is 0 Å². The van der Waals surface area contributed by atoms with Gasteiger partial charge in [0.15, 0.2) is 0 Å². The number of methoxy groups -OCH3 is 1. The Morgan fingerprint density at radius 3 is 2.45 bits per heavy atom. The first-order chi connectivity index (χ1) is 18.3. The number of benzene rings is 3. The van der Waals surface area contributed by atoms with Gasteiger partial charge in [0.2, 0.25) is 5.91 Å². The number of ether oxygens (including phenoxy) is 2. The van der Waals surface area contributed by atoms with E-state index in [9.17, 15) is 14.4 Å². The number of nitrogens with one attached hydrogen (secondary N) is 2. The fourth-order valence-electron chi connectivity index (χ4n) is 4.29. The van der Waals surface area contributed by atoms with E-state index < -0.39 is 35.8 Å². The Kier molecular flexibility index (Phi) is 9.24. The molecular formula is C28H27ClIN3O5. The molecule has 4 rings (SSSR count). The maximum atomic E-state index is 13.7. The molecule has 0 aliphatic carbocycles. The fourth-order valence-corrected chi connectivity index (χ4v) is 5.19. The van der Waals surface area contributed by atoms with E-state index in [1.165, 1.54) is 0 Å². The molecule has 1 unspecified atom stereocenters. The largest absolute Gasteiger partial charge is 0.491 e. The summed E-state index contributed by atoms with van der Waals surface area (Å²) in [5, 5.41) is 5.91. The molecule has 10 heteroatoms. The monoisotopic (exact) mass is 647 g/mol. The second-order valence-corrected chi connectivity index (χ2v) is 10.4. The van der Waals surface area contributed by atoms with Crippen LogP contribution in [0.5, 0.6) is 5.75 Å². The van der Waals surface area contributed by atoms with Gasteiger partial charge in [0.05, 0.1) is 17.3 Å². The van der Waals surface area contributed by atoms with E-state index in [1.54, 1.807) is 43.5 Å². The number of carbonyl (C=O) groups excluding carboxylic acids is 3. The highest BCUT2D eigenvalue weighted by Crippen LogP contribution is 2.32. The van der Waals surface area contributed by atoms with Gasteiger partial charge in [0.1, 0.15) is 24.4 Å². The number of urea groups is 1. The van der Waals surface area contributed by atoms with Crippen LogP contribution in [0.1, 0.15) is 30.0 Å². The van der Waals surface area contributed by atoms with E-state index in [4.69, 9.17) is 21.1 Å². The Labute approximate surface area is 239 Å². The van der Waals surface area contributed by atoms with Crippen LogP contribution in [-0.2, 0) is 14.3 Å². The maximum Gasteiger partial charge on any atom is 0.325 e. The summed E-state index contributed by atoms with van der Waals surface area (Å²) < 4.78 is 11.5. The molecule has 1 saturated heterocycles. The van der Waals surface area contributed by atoms with Gasteiger partial charge in [-0.25, -0.2) is 9.69 Å². The minimum atomic E-state index is -1.12. The van der Waals surface area contributed by atoms with Crippen molar-refractivity contribution in [2.24, 2.45) is 0 Å². The quantitative estimate of drug-likeness (QED) is 0.175. The van der Waals surface area contributed by atoms with Gasteiger partial charge in [-0.15, -0.1) is 0 Å². The Balaban J connectivity index is 1.62. The molecule has 0 bridgehead atoms. The van der Waals surface area contributed by atoms with Gasteiger partial charge in [0, 0.05) is 16.6 Å². The summed E-state index contributed by atoms with van der Waals surface area (Å²) in [6.07, 6.45) is 0. The number of rotatable bonds is 10. The molecule has 0 spiro atoms. The third-order valence-corrected chi connectivity index (χ3v) is 7.26. The van der Waals surface area contributed by atoms with Crippen LogP contribution < -0.4 is 15.4 Å². The molecule has 198 valence electrons. The highest BCUT2D eigenvalue weighted by Gasteiger charge is 2.47. The van der Waals surface area contributed by atoms with E-state index >= 15 is 0 Å². The predicted molar refractivity (Wildman–Crippen MR) is 153 cm³/mol. The van der Waals surface area contributed by atoms with Crippen LogP contribution in [0.4, 0.5) is 10.5 Å². The van der Waals surface area contributed by atoms with Crippen LogP contribution in [0, 0.1) is 3.57 Å². The summed E-state index contributed by atoms with van der Waals surface area (Å²) in [5.41, 5.74) is 1.79. The van der Waals surface area contributed by atoms with Crippen molar-refractivity contribution in [2.45, 2.75) is 24.9 Å². The zero-order valence-corrected chi connectivity index (χ0v) is 23.7. The van der Waals surface area contributed by atoms with Gasteiger partial charge in [-0.3, -0.25) is 9.59 Å². The number of nitrogens with zero attached hydrogens (tertiary/aromatic N) is 1. The Morgan fingerprint density at radius 1 is 1.08 bits per heavy atom. The van der Waals surface area contributed by atoms with Crippen LogP contribution in [-0.4, -0.2) is 49.1 Å². The van der Waals surface area contributed by atoms with Gasteiger partial charge >= 0.3 is 6.03 Å². The maximum absolute atomic E-state index is 13.7. The van der Waals surface area contributed by atoms with Crippen LogP contribution in [0.25, 0.3) is 0 Å². The summed E-state index contributed by atoms with van der Waals surface area (Å²) in [6.45, 7) is 2.65. The summed E-state index contributed by atoms with van der Waals surface area (Å²) in [6, 6.07) is 18.7. The molecule has 3 aromatic carbocycles. The number of carbonyl (C=O) groups is 3. The van der Waals surface area contributed by atoms with Crippen molar-refractivity contribution in [1.82, 2.24) is 10.2 Å². The fraction of sp³-hybridized carbons (Fsp3) is 0.250. The van der Waals surface area contributed by atoms with Gasteiger partial charge in [-0.1, -0.05) is 61.0 Å². The number of hydrogen-bond donors (Lipinski definition) is 2. The molecule has 1 aliphatic heterocycles. The Morgan fingerprint density at radius 2 is 1.79 bits per heavy atom. The molecule has 1 aliphatic rings. The molecule has 2 N–H and O–H groups in total. The van der Waals surface area contributed by atoms with Gasteiger partial charge in [-0.05, 0) is 64.0 Å². The minimum Gasteiger partial charge on any atom is -0.491 e. The summed E-state index contributed by atoms with van der Waals surface area (Å²) >= 11 is 8.48. The Bertz CT molecular complexity index is 1310. The van der Waals surface area contributed by atoms with Gasteiger partial charge in [0.25, 0.3) is 5.91 Å². The summed E-state index contributed by atoms with van der Waals surface area (Å²) in [7, 11) is 1.59. The van der Waals surface area contributed by atoms with Crippen molar-refractivity contribution < 1.29 is 23.9 Å². The van der Waals surface area contributed by atoms with Crippen molar-refractivity contribution in [3.05, 3.63) is 92.5 Å². The smallest absolute Gasteiger partial charge is 0.325 e. The van der Waals surface area contributed by atoms with Crippen molar-refractivity contribution in [3.63, 3.8) is 0 Å². The lowest BCUT2D eigenvalue weighted by molar-refractivity contribution is -0.134. The normalized spacial score (nSPS) is 16.6. The molecule has 0 saturated carbocycles. The standard InChI is InChI=1S/C28H27ClIN3O5/c1-17(18-6-4-3-5-7-18)25(26(34)31-23-13-10-20(30)16-22(23)29)33-27(35)24(32-28(33)36)19-8-11-21(12-9-19)38-15-14-37-2/h3-13,16-17,24-25H,14-15H2,1-2H3,(H,31,34)(H,32,36)/t17-,24?,25-/m0/s1. The van der Waals surface area contributed by atoms with Crippen LogP contribution in [0.15, 0.2) is 72.8 Å². The molecule has 1 fully saturated rings. The number of anilines is 1. The summed E-state index contributed by atoms with van der Waals surface area (Å²) in [4.78, 5) is 41.5. The first kappa shape index (κ1) is 27.9. The van der Waals surface area contributed by atoms with Gasteiger partial charge < -0.3 is 20.1 Å². The van der Waals surface area contributed by atoms with E-state index in [2.05, 4.69) is 33.2 Å². The zero-order valence-electron chi connectivity index (χ0n) is 20.8. The lowest BCUT2D eigenvalue weighted by atomic mass is 9.91. The highest BCUT2D eigenvalue weighted by atomic mass is 127. The average Bonchev–Trinajstić information content (AvgIpc) is 3.20. The number of halogens is 2. The second-order valence-electron chi connectivity index (χ2n) is 8.76. The summed E-state index contributed by atoms with van der Waals surface area (Å²) in [5.74, 6) is -0.914. The van der Waals surface area contributed by atoms with Crippen molar-refractivity contribution >= 4 is 57.7 Å². The van der Waals surface area contributed by atoms with E-state index in [0.29, 0.717) is 35.2 Å². The molecule has 3 atom stereocenters. The molecule has 3 aromatic rings. The molecule has 38 heavy (non-hydrogen) atoms. The van der Waals surface area contributed by atoms with E-state index in [0.717, 1.165) is 14.0 Å². The third kappa shape index (κ3) is 6.28. The molecule has 0 aromatic heterocycles. The molecule has 1 heterocycles. The first-order valence-corrected chi connectivity index (χ1v) is 13.4. The van der Waals surface area contributed by atoms with E-state index in [1.807, 2.05) is 43.3 Å². The molecule has 0 radical (unpaired) electrons. The first-order valence-electron chi connectivity index (χ1n) is 12.0. The van der Waals surface area contributed by atoms with Crippen molar-refractivity contribution in [2.75, 3.05) is 25.6 Å². The lowest BCUT2D eigenvalue weighted by Gasteiger charge is -2.30. The van der Waals surface area contributed by atoms with Gasteiger partial charge in [-0.2, -0.15) is 0 Å². The van der Waals surface area contributed by atoms with Crippen molar-refractivity contribution in [3.8, 4) is 5.75 Å². The molecular weight excluding hydrogens is 621 g/mol. The predicted octanol–water partition coefficient (Wildman–Crippen LogP) is 5.37. The number of hydrogen-bond acceptors (Lipinski definition) is 5. The lowest BCUT2D eigenvalue weighted by Crippen LogP contribution is -2.50. The molecule has 4 amide bonds. The minimum absolute atomic E-state index is 0.360. The molecule has 8 nitrogen and oxygen atoms in total.